The van der Waals surface area contributed by atoms with E-state index in [-0.39, 0.29) is 6.10 Å². The maximum Gasteiger partial charge on any atom is 0.269 e. The maximum absolute atomic E-state index is 5.89. The van der Waals surface area contributed by atoms with E-state index in [4.69, 9.17) is 13.6 Å². The summed E-state index contributed by atoms with van der Waals surface area (Å²) in [6.07, 6.45) is 1.84. The zero-order valence-corrected chi connectivity index (χ0v) is 15.1. The first-order valence-electron chi connectivity index (χ1n) is 6.34. The molecule has 0 heterocycles. The van der Waals surface area contributed by atoms with Crippen molar-refractivity contribution in [3.63, 3.8) is 0 Å². The van der Waals surface area contributed by atoms with Crippen molar-refractivity contribution in [2.75, 3.05) is 0 Å². The van der Waals surface area contributed by atoms with E-state index in [0.717, 1.165) is 0 Å². The third-order valence-electron chi connectivity index (χ3n) is 1.47. The summed E-state index contributed by atoms with van der Waals surface area (Å²) < 4.78 is 17.3. The molecule has 3 nitrogen and oxygen atoms in total. The lowest BCUT2D eigenvalue weighted by molar-refractivity contribution is 0.0593. The molecule has 0 bridgehead atoms. The van der Waals surface area contributed by atoms with Crippen molar-refractivity contribution < 1.29 is 13.6 Å². The van der Waals surface area contributed by atoms with Crippen molar-refractivity contribution in [2.24, 2.45) is 0 Å². The van der Waals surface area contributed by atoms with Gasteiger partial charge in [-0.2, -0.15) is 0 Å². The molecule has 0 radical (unpaired) electrons. The van der Waals surface area contributed by atoms with Crippen molar-refractivity contribution in [1.82, 2.24) is 0 Å². The van der Waals surface area contributed by atoms with Gasteiger partial charge in [-0.25, -0.2) is 0 Å². The topological polar surface area (TPSA) is 27.7 Å². The van der Waals surface area contributed by atoms with Crippen LogP contribution < -0.4 is 0 Å². The Hall–Kier alpha value is -0.686. The minimum absolute atomic E-state index is 0.0762. The first-order chi connectivity index (χ1) is 7.89. The third-order valence-corrected chi connectivity index (χ3v) is 3.16. The average molecular weight is 289 g/mol. The molecular formula is C13H28O3Si2. The molecule has 0 N–H and O–H groups in total. The summed E-state index contributed by atoms with van der Waals surface area (Å²) in [7, 11) is -3.32. The van der Waals surface area contributed by atoms with E-state index in [1.165, 1.54) is 0 Å². The number of rotatable bonds is 7. The fourth-order valence-electron chi connectivity index (χ4n) is 1.18. The zero-order valence-electron chi connectivity index (χ0n) is 13.1. The molecule has 0 atom stereocenters. The Labute approximate surface area is 114 Å². The molecule has 0 aliphatic rings. The maximum atomic E-state index is 5.89. The van der Waals surface area contributed by atoms with Crippen molar-refractivity contribution in [3.05, 3.63) is 24.4 Å². The number of ether oxygens (including phenoxy) is 1. The molecule has 0 amide bonds. The molecular weight excluding hydrogens is 260 g/mol. The second kappa shape index (κ2) is 6.47. The van der Waals surface area contributed by atoms with Gasteiger partial charge in [-0.15, -0.1) is 0 Å². The lowest BCUT2D eigenvalue weighted by atomic mass is 10.5. The minimum atomic E-state index is -1.69. The average Bonchev–Trinajstić information content (AvgIpc) is 1.92. The van der Waals surface area contributed by atoms with Gasteiger partial charge in [0.1, 0.15) is 5.76 Å². The fraction of sp³-hybridized carbons (Fsp3) is 0.692. The van der Waals surface area contributed by atoms with Gasteiger partial charge < -0.3 is 13.6 Å². The van der Waals surface area contributed by atoms with Crippen molar-refractivity contribution in [1.29, 1.82) is 0 Å². The SMILES string of the molecule is C=C(/C=C(\OC(C)C)O[Si](C)(C)C)O[Si](C)(C)C. The first kappa shape index (κ1) is 17.3. The van der Waals surface area contributed by atoms with Crippen LogP contribution in [0.3, 0.4) is 0 Å². The van der Waals surface area contributed by atoms with Crippen molar-refractivity contribution in [3.8, 4) is 0 Å². The Morgan fingerprint density at radius 2 is 1.39 bits per heavy atom. The van der Waals surface area contributed by atoms with Crippen LogP contribution in [0.15, 0.2) is 24.4 Å². The minimum Gasteiger partial charge on any atom is -0.545 e. The van der Waals surface area contributed by atoms with Crippen LogP contribution in [0.2, 0.25) is 39.3 Å². The largest absolute Gasteiger partial charge is 0.545 e. The molecule has 5 heteroatoms. The van der Waals surface area contributed by atoms with E-state index in [1.54, 1.807) is 6.08 Å². The van der Waals surface area contributed by atoms with Gasteiger partial charge in [0.25, 0.3) is 5.95 Å². The second-order valence-corrected chi connectivity index (χ2v) is 15.4. The van der Waals surface area contributed by atoms with E-state index >= 15 is 0 Å². The van der Waals surface area contributed by atoms with Gasteiger partial charge >= 0.3 is 0 Å². The van der Waals surface area contributed by atoms with Crippen LogP contribution in [0, 0.1) is 0 Å². The van der Waals surface area contributed by atoms with Crippen LogP contribution in [-0.2, 0) is 13.6 Å². The summed E-state index contributed by atoms with van der Waals surface area (Å²) in [6, 6.07) is 0. The standard InChI is InChI=1S/C13H28O3Si2/c1-11(2)14-13(16-18(7,8)9)10-12(3)15-17(4,5)6/h10-11H,3H2,1-2,4-9H3/b13-10+. The van der Waals surface area contributed by atoms with E-state index < -0.39 is 16.6 Å². The monoisotopic (exact) mass is 288 g/mol. The normalized spacial score (nSPS) is 13.5. The van der Waals surface area contributed by atoms with Crippen LogP contribution in [0.4, 0.5) is 0 Å². The molecule has 0 aliphatic heterocycles. The second-order valence-electron chi connectivity index (χ2n) is 6.53. The van der Waals surface area contributed by atoms with E-state index in [0.29, 0.717) is 11.7 Å². The van der Waals surface area contributed by atoms with Gasteiger partial charge in [0, 0.05) is 0 Å². The summed E-state index contributed by atoms with van der Waals surface area (Å²) in [4.78, 5) is 0. The van der Waals surface area contributed by atoms with Crippen molar-refractivity contribution in [2.45, 2.75) is 59.2 Å². The summed E-state index contributed by atoms with van der Waals surface area (Å²) in [6.45, 7) is 20.6. The molecule has 0 aromatic carbocycles. The van der Waals surface area contributed by atoms with Gasteiger partial charge in [0.05, 0.1) is 12.2 Å². The van der Waals surface area contributed by atoms with E-state index in [1.807, 2.05) is 13.8 Å². The number of allylic oxidation sites excluding steroid dienone is 1. The highest BCUT2D eigenvalue weighted by molar-refractivity contribution is 6.70. The number of hydrogen-bond acceptors (Lipinski definition) is 3. The molecule has 18 heavy (non-hydrogen) atoms. The molecule has 0 unspecified atom stereocenters. The summed E-state index contributed by atoms with van der Waals surface area (Å²) in [5.74, 6) is 1.13. The van der Waals surface area contributed by atoms with Crippen LogP contribution in [0.1, 0.15) is 13.8 Å². The third kappa shape index (κ3) is 10.5. The smallest absolute Gasteiger partial charge is 0.269 e. The molecule has 0 aromatic heterocycles. The van der Waals surface area contributed by atoms with Crippen LogP contribution in [0.5, 0.6) is 0 Å². The summed E-state index contributed by atoms with van der Waals surface area (Å²) >= 11 is 0. The van der Waals surface area contributed by atoms with Crippen LogP contribution in [-0.4, -0.2) is 22.7 Å². The van der Waals surface area contributed by atoms with Gasteiger partial charge in [0.2, 0.25) is 16.6 Å². The highest BCUT2D eigenvalue weighted by atomic mass is 28.4. The Kier molecular flexibility index (Phi) is 6.22. The molecule has 0 aromatic rings. The molecule has 106 valence electrons. The van der Waals surface area contributed by atoms with Gasteiger partial charge in [0.15, 0.2) is 0 Å². The predicted octanol–water partition coefficient (Wildman–Crippen LogP) is 4.47. The van der Waals surface area contributed by atoms with Crippen molar-refractivity contribution >= 4 is 16.6 Å². The highest BCUT2D eigenvalue weighted by Crippen LogP contribution is 2.17. The fourth-order valence-corrected chi connectivity index (χ4v) is 2.73. The van der Waals surface area contributed by atoms with Gasteiger partial charge in [-0.05, 0) is 53.1 Å². The molecule has 0 fully saturated rings. The Balaban J connectivity index is 4.79. The van der Waals surface area contributed by atoms with Gasteiger partial charge in [-0.1, -0.05) is 6.58 Å². The van der Waals surface area contributed by atoms with E-state index in [9.17, 15) is 0 Å². The highest BCUT2D eigenvalue weighted by Gasteiger charge is 2.21. The molecule has 0 rings (SSSR count). The Morgan fingerprint density at radius 3 is 1.72 bits per heavy atom. The molecule has 0 aliphatic carbocycles. The Morgan fingerprint density at radius 1 is 0.944 bits per heavy atom. The predicted molar refractivity (Wildman–Crippen MR) is 82.3 cm³/mol. The van der Waals surface area contributed by atoms with Crippen LogP contribution >= 0.6 is 0 Å². The molecule has 0 saturated carbocycles. The lowest BCUT2D eigenvalue weighted by Crippen LogP contribution is -2.27. The van der Waals surface area contributed by atoms with Gasteiger partial charge in [-0.3, -0.25) is 0 Å². The zero-order chi connectivity index (χ0) is 14.6. The summed E-state index contributed by atoms with van der Waals surface area (Å²) in [5, 5.41) is 0. The molecule has 0 spiro atoms. The number of hydrogen-bond donors (Lipinski definition) is 0. The first-order valence-corrected chi connectivity index (χ1v) is 13.2. The Bertz CT molecular complexity index is 309. The summed E-state index contributed by atoms with van der Waals surface area (Å²) in [5.41, 5.74) is 0. The van der Waals surface area contributed by atoms with E-state index in [2.05, 4.69) is 45.9 Å². The quantitative estimate of drug-likeness (QED) is 0.393. The lowest BCUT2D eigenvalue weighted by Gasteiger charge is -2.24. The molecule has 0 saturated heterocycles. The van der Waals surface area contributed by atoms with Crippen LogP contribution in [0.25, 0.3) is 0 Å².